The van der Waals surface area contributed by atoms with Crippen LogP contribution in [0.5, 0.6) is 0 Å². The van der Waals surface area contributed by atoms with Gasteiger partial charge < -0.3 is 28.5 Å². The van der Waals surface area contributed by atoms with Gasteiger partial charge in [0.15, 0.2) is 0 Å². The Morgan fingerprint density at radius 2 is 0.823 bits per heavy atom. The van der Waals surface area contributed by atoms with Crippen molar-refractivity contribution in [1.29, 1.82) is 0 Å². The summed E-state index contributed by atoms with van der Waals surface area (Å²) in [4.78, 5) is 40.0. The summed E-state index contributed by atoms with van der Waals surface area (Å²) in [6.07, 6.45) is 80.4. The smallest absolute Gasteiger partial charge is 0.306 e. The van der Waals surface area contributed by atoms with Crippen LogP contribution in [0.3, 0.4) is 0 Å². The van der Waals surface area contributed by atoms with E-state index in [0.717, 1.165) is 103 Å². The molecule has 0 radical (unpaired) electrons. The average molecular weight is 1120 g/mol. The van der Waals surface area contributed by atoms with E-state index in [1.807, 2.05) is 33.3 Å². The number of hydrogen-bond donors (Lipinski definition) is 1. The molecule has 0 aliphatic heterocycles. The van der Waals surface area contributed by atoms with Crippen molar-refractivity contribution in [2.24, 2.45) is 0 Å². The highest BCUT2D eigenvalue weighted by Gasteiger charge is 2.27. The van der Waals surface area contributed by atoms with Gasteiger partial charge in [-0.15, -0.1) is 0 Å². The number of carbonyl (C=O) groups is 2. The highest BCUT2D eigenvalue weighted by Crippen LogP contribution is 2.38. The van der Waals surface area contributed by atoms with E-state index in [1.54, 1.807) is 0 Å². The number of esters is 1. The lowest BCUT2D eigenvalue weighted by Gasteiger charge is -2.30. The Morgan fingerprint density at radius 1 is 0.456 bits per heavy atom. The molecule has 1 amide bonds. The highest BCUT2D eigenvalue weighted by atomic mass is 31.2. The first kappa shape index (κ1) is 75.4. The fourth-order valence-electron chi connectivity index (χ4n) is 8.48. The van der Waals surface area contributed by atoms with Crippen LogP contribution in [0, 0.1) is 0 Å². The van der Waals surface area contributed by atoms with Gasteiger partial charge in [-0.05, 0) is 115 Å². The molecule has 0 bridgehead atoms. The van der Waals surface area contributed by atoms with Crippen LogP contribution in [-0.4, -0.2) is 69.4 Å². The number of hydrogen-bond acceptors (Lipinski definition) is 7. The van der Waals surface area contributed by atoms with Crippen molar-refractivity contribution in [3.05, 3.63) is 122 Å². The second kappa shape index (κ2) is 57.6. The molecule has 1 N–H and O–H groups in total. The zero-order valence-corrected chi connectivity index (χ0v) is 52.4. The molecule has 3 unspecified atom stereocenters. The summed E-state index contributed by atoms with van der Waals surface area (Å²) in [6, 6.07) is -0.927. The van der Waals surface area contributed by atoms with Gasteiger partial charge in [0.2, 0.25) is 5.91 Å². The van der Waals surface area contributed by atoms with E-state index in [1.165, 1.54) is 103 Å². The third-order valence-corrected chi connectivity index (χ3v) is 14.3. The lowest BCUT2D eigenvalue weighted by Crippen LogP contribution is -2.47. The molecule has 10 heteroatoms. The number of unbranched alkanes of at least 4 members (excludes halogenated alkanes) is 22. The number of carbonyl (C=O) groups excluding carboxylic acids is 2. The van der Waals surface area contributed by atoms with Gasteiger partial charge in [-0.1, -0.05) is 245 Å². The van der Waals surface area contributed by atoms with Gasteiger partial charge in [-0.3, -0.25) is 14.2 Å². The summed E-state index contributed by atoms with van der Waals surface area (Å²) in [5, 5.41) is 2.99. The van der Waals surface area contributed by atoms with Crippen LogP contribution in [0.15, 0.2) is 122 Å². The topological polar surface area (TPSA) is 114 Å². The molecule has 0 heterocycles. The molecule has 452 valence electrons. The van der Waals surface area contributed by atoms with Gasteiger partial charge >= 0.3 is 5.97 Å². The SMILES string of the molecule is CC/C=C\C/C=C\C/C=C\C/C=C\C/C=C\CCCCCCCCCCCC(=O)OC(/C=C\CCCCCCCCCCC)C(COP(=O)([O-])OCC[N+](C)(C)C)NC(=O)CCC/C=C\C/C=C\C/C=C\C/C=C\CCCCC. The van der Waals surface area contributed by atoms with Gasteiger partial charge in [0, 0.05) is 12.8 Å². The summed E-state index contributed by atoms with van der Waals surface area (Å²) >= 11 is 0. The maximum absolute atomic E-state index is 13.5. The molecule has 0 aromatic carbocycles. The number of nitrogens with zero attached hydrogens (tertiary/aromatic N) is 1. The Balaban J connectivity index is 5.23. The lowest BCUT2D eigenvalue weighted by atomic mass is 10.1. The Hall–Kier alpha value is -3.59. The van der Waals surface area contributed by atoms with Crippen LogP contribution >= 0.6 is 7.82 Å². The first-order chi connectivity index (χ1) is 38.4. The third kappa shape index (κ3) is 58.9. The predicted octanol–water partition coefficient (Wildman–Crippen LogP) is 19.3. The van der Waals surface area contributed by atoms with E-state index in [0.29, 0.717) is 23.9 Å². The summed E-state index contributed by atoms with van der Waals surface area (Å²) < 4.78 is 30.3. The number of phosphoric acid groups is 1. The first-order valence-electron chi connectivity index (χ1n) is 31.8. The van der Waals surface area contributed by atoms with E-state index < -0.39 is 26.6 Å². The quantitative estimate of drug-likeness (QED) is 0.0212. The zero-order valence-electron chi connectivity index (χ0n) is 51.5. The van der Waals surface area contributed by atoms with Crippen LogP contribution in [0.1, 0.15) is 252 Å². The second-order valence-corrected chi connectivity index (χ2v) is 23.6. The van der Waals surface area contributed by atoms with Crippen molar-refractivity contribution >= 4 is 19.7 Å². The molecule has 9 nitrogen and oxygen atoms in total. The van der Waals surface area contributed by atoms with Crippen molar-refractivity contribution < 1.29 is 37.3 Å². The molecule has 0 saturated heterocycles. The number of amides is 1. The largest absolute Gasteiger partial charge is 0.756 e. The summed E-state index contributed by atoms with van der Waals surface area (Å²) in [6.45, 7) is 6.63. The molecule has 0 aliphatic carbocycles. The van der Waals surface area contributed by atoms with E-state index in [2.05, 4.69) is 135 Å². The van der Waals surface area contributed by atoms with Crippen molar-refractivity contribution in [1.82, 2.24) is 5.32 Å². The zero-order chi connectivity index (χ0) is 57.9. The molecule has 0 spiro atoms. The van der Waals surface area contributed by atoms with Gasteiger partial charge in [0.1, 0.15) is 19.3 Å². The van der Waals surface area contributed by atoms with Gasteiger partial charge in [-0.2, -0.15) is 0 Å². The average Bonchev–Trinajstić information content (AvgIpc) is 3.41. The molecular formula is C69H119N2O7P. The second-order valence-electron chi connectivity index (χ2n) is 22.2. The van der Waals surface area contributed by atoms with E-state index in [-0.39, 0.29) is 31.3 Å². The normalized spacial score (nSPS) is 14.5. The van der Waals surface area contributed by atoms with E-state index in [4.69, 9.17) is 13.8 Å². The minimum absolute atomic E-state index is 0.0394. The van der Waals surface area contributed by atoms with E-state index >= 15 is 0 Å². The molecule has 0 fully saturated rings. The summed E-state index contributed by atoms with van der Waals surface area (Å²) in [5.74, 6) is -0.621. The van der Waals surface area contributed by atoms with Crippen molar-refractivity contribution in [2.75, 3.05) is 40.9 Å². The minimum Gasteiger partial charge on any atom is -0.756 e. The Bertz CT molecular complexity index is 1770. The van der Waals surface area contributed by atoms with Crippen LogP contribution in [0.2, 0.25) is 0 Å². The number of likely N-dealkylation sites (N-methyl/N-ethyl adjacent to an activating group) is 1. The molecule has 0 aromatic rings. The van der Waals surface area contributed by atoms with Crippen molar-refractivity contribution in [3.63, 3.8) is 0 Å². The van der Waals surface area contributed by atoms with Crippen LogP contribution in [0.4, 0.5) is 0 Å². The van der Waals surface area contributed by atoms with Crippen molar-refractivity contribution in [3.8, 4) is 0 Å². The Kier molecular flexibility index (Phi) is 55.0. The molecule has 0 rings (SSSR count). The molecule has 3 atom stereocenters. The van der Waals surface area contributed by atoms with Gasteiger partial charge in [0.25, 0.3) is 7.82 Å². The Morgan fingerprint density at radius 3 is 1.27 bits per heavy atom. The van der Waals surface area contributed by atoms with Gasteiger partial charge in [-0.25, -0.2) is 0 Å². The minimum atomic E-state index is -4.72. The highest BCUT2D eigenvalue weighted by molar-refractivity contribution is 7.45. The number of quaternary nitrogens is 1. The number of rotatable bonds is 56. The van der Waals surface area contributed by atoms with E-state index in [9.17, 15) is 19.0 Å². The molecule has 0 aromatic heterocycles. The summed E-state index contributed by atoms with van der Waals surface area (Å²) in [5.41, 5.74) is 0. The lowest BCUT2D eigenvalue weighted by molar-refractivity contribution is -0.870. The number of nitrogens with one attached hydrogen (secondary N) is 1. The monoisotopic (exact) mass is 1120 g/mol. The standard InChI is InChI=1S/C69H119N2O7P/c1-7-10-13-16-19-22-25-27-29-31-32-33-34-35-36-37-38-40-42-44-47-50-53-56-59-62-69(73)78-67(60-57-54-51-48-45-24-21-18-15-12-9-3)66(65-77-79(74,75)76-64-63-71(4,5)6)70-68(72)61-58-55-52-49-46-43-41-39-30-28-26-23-20-17-14-11-8-2/h10,13,19-20,22-23,27-30,32-33,35-36,41,43,49,52,57,60,66-67H,7-9,11-12,14-18,21,24-26,31,34,37-40,42,44-48,50-51,53-56,58-59,61-65H2,1-6H3,(H-,70,72,74,75)/b13-10-,22-19-,23-20-,29-27-,30-28-,33-32-,36-35-,43-41-,52-49-,60-57-. The maximum Gasteiger partial charge on any atom is 0.306 e. The fraction of sp³-hybridized carbons (Fsp3) is 0.681. The molecule has 79 heavy (non-hydrogen) atoms. The van der Waals surface area contributed by atoms with Crippen LogP contribution < -0.4 is 10.2 Å². The maximum atomic E-state index is 13.5. The molecule has 0 saturated carbocycles. The third-order valence-electron chi connectivity index (χ3n) is 13.4. The fourth-order valence-corrected chi connectivity index (χ4v) is 9.20. The Labute approximate surface area is 486 Å². The number of ether oxygens (including phenoxy) is 1. The number of allylic oxidation sites excluding steroid dienone is 19. The predicted molar refractivity (Wildman–Crippen MR) is 339 cm³/mol. The first-order valence-corrected chi connectivity index (χ1v) is 33.3. The van der Waals surface area contributed by atoms with Crippen molar-refractivity contribution in [2.45, 2.75) is 264 Å². The molecule has 0 aliphatic rings. The number of phosphoric ester groups is 1. The van der Waals surface area contributed by atoms with Crippen LogP contribution in [0.25, 0.3) is 0 Å². The summed E-state index contributed by atoms with van der Waals surface area (Å²) in [7, 11) is 1.13. The molecular weight excluding hydrogens is 1000 g/mol. The van der Waals surface area contributed by atoms with Crippen LogP contribution in [-0.2, 0) is 27.9 Å². The van der Waals surface area contributed by atoms with Gasteiger partial charge in [0.05, 0.1) is 33.8 Å².